The van der Waals surface area contributed by atoms with Gasteiger partial charge in [-0.05, 0) is 26.0 Å². The van der Waals surface area contributed by atoms with Gasteiger partial charge in [0.05, 0.1) is 0 Å². The van der Waals surface area contributed by atoms with Crippen LogP contribution in [0.25, 0.3) is 0 Å². The van der Waals surface area contributed by atoms with Gasteiger partial charge in [0, 0.05) is 18.3 Å². The molecule has 0 saturated heterocycles. The Hall–Kier alpha value is -1.78. The van der Waals surface area contributed by atoms with E-state index < -0.39 is 6.29 Å². The van der Waals surface area contributed by atoms with E-state index in [4.69, 9.17) is 0 Å². The average Bonchev–Trinajstić information content (AvgIpc) is 2.50. The lowest BCUT2D eigenvalue weighted by molar-refractivity contribution is -0.286. The number of hydrogen-bond acceptors (Lipinski definition) is 3. The molecule has 1 aromatic carbocycles. The Kier molecular flexibility index (Phi) is 2.92. The second-order valence-corrected chi connectivity index (χ2v) is 3.99. The summed E-state index contributed by atoms with van der Waals surface area (Å²) in [5, 5.41) is 3.08. The van der Waals surface area contributed by atoms with Gasteiger partial charge in [0.15, 0.2) is 11.5 Å². The van der Waals surface area contributed by atoms with Crippen molar-refractivity contribution < 1.29 is 18.3 Å². The summed E-state index contributed by atoms with van der Waals surface area (Å²) in [6, 6.07) is 4.62. The van der Waals surface area contributed by atoms with Gasteiger partial charge in [0.25, 0.3) is 0 Å². The van der Waals surface area contributed by atoms with E-state index >= 15 is 0 Å². The summed E-state index contributed by atoms with van der Waals surface area (Å²) in [6.45, 7) is 4.61. The number of anilines is 1. The van der Waals surface area contributed by atoms with Crippen molar-refractivity contribution in [1.82, 2.24) is 0 Å². The third-order valence-corrected chi connectivity index (χ3v) is 2.22. The Bertz CT molecular complexity index is 454. The number of benzene rings is 1. The molecule has 17 heavy (non-hydrogen) atoms. The van der Waals surface area contributed by atoms with Crippen LogP contribution < -0.4 is 14.8 Å². The normalized spacial score (nSPS) is 15.5. The predicted molar refractivity (Wildman–Crippen MR) is 60.6 cm³/mol. The molecule has 1 aliphatic heterocycles. The van der Waals surface area contributed by atoms with Gasteiger partial charge in [-0.25, -0.2) is 0 Å². The van der Waals surface area contributed by atoms with Gasteiger partial charge in [-0.3, -0.25) is 0 Å². The molecule has 3 nitrogen and oxygen atoms in total. The van der Waals surface area contributed by atoms with E-state index in [0.717, 1.165) is 0 Å². The highest BCUT2D eigenvalue weighted by molar-refractivity contribution is 5.56. The Morgan fingerprint density at radius 1 is 1.29 bits per heavy atom. The topological polar surface area (TPSA) is 30.5 Å². The fourth-order valence-electron chi connectivity index (χ4n) is 1.43. The maximum absolute atomic E-state index is 12.8. The van der Waals surface area contributed by atoms with Crippen molar-refractivity contribution in [2.45, 2.75) is 20.1 Å². The maximum Gasteiger partial charge on any atom is 0.586 e. The quantitative estimate of drug-likeness (QED) is 0.823. The van der Waals surface area contributed by atoms with Crippen LogP contribution in [0.15, 0.2) is 29.8 Å². The summed E-state index contributed by atoms with van der Waals surface area (Å²) in [5.74, 6) is 0.111. The van der Waals surface area contributed by atoms with E-state index in [0.29, 0.717) is 12.2 Å². The molecule has 1 aromatic rings. The van der Waals surface area contributed by atoms with E-state index in [1.807, 2.05) is 19.9 Å². The highest BCUT2D eigenvalue weighted by Crippen LogP contribution is 2.42. The molecule has 92 valence electrons. The number of allylic oxidation sites excluding steroid dienone is 1. The zero-order valence-electron chi connectivity index (χ0n) is 9.59. The molecular weight excluding hydrogens is 228 g/mol. The van der Waals surface area contributed by atoms with E-state index in [1.165, 1.54) is 17.7 Å². The lowest BCUT2D eigenvalue weighted by Crippen LogP contribution is -2.25. The minimum Gasteiger partial charge on any atom is -0.395 e. The zero-order valence-corrected chi connectivity index (χ0v) is 9.59. The molecule has 0 unspecified atom stereocenters. The first-order chi connectivity index (χ1) is 7.96. The van der Waals surface area contributed by atoms with E-state index in [-0.39, 0.29) is 11.5 Å². The maximum atomic E-state index is 12.8. The predicted octanol–water partition coefficient (Wildman–Crippen LogP) is 3.39. The molecule has 0 bridgehead atoms. The van der Waals surface area contributed by atoms with Crippen LogP contribution in [0, 0.1) is 0 Å². The highest BCUT2D eigenvalue weighted by Gasteiger charge is 2.43. The molecule has 1 N–H and O–H groups in total. The van der Waals surface area contributed by atoms with Crippen molar-refractivity contribution in [3.05, 3.63) is 29.8 Å². The zero-order chi connectivity index (χ0) is 12.5. The number of nitrogens with one attached hydrogen (secondary N) is 1. The minimum absolute atomic E-state index is 0.0530. The SMILES string of the molecule is CC(C)=CCNc1ccc2c(c1)OC(F)(F)O2. The summed E-state index contributed by atoms with van der Waals surface area (Å²) in [7, 11) is 0. The van der Waals surface area contributed by atoms with Crippen LogP contribution in [0.5, 0.6) is 11.5 Å². The molecular formula is C12H13F2NO2. The molecule has 0 amide bonds. The van der Waals surface area contributed by atoms with Gasteiger partial charge in [0.1, 0.15) is 0 Å². The van der Waals surface area contributed by atoms with Crippen LogP contribution in [0.2, 0.25) is 0 Å². The number of ether oxygens (including phenoxy) is 2. The van der Waals surface area contributed by atoms with Crippen molar-refractivity contribution in [1.29, 1.82) is 0 Å². The molecule has 0 spiro atoms. The number of halogens is 2. The smallest absolute Gasteiger partial charge is 0.395 e. The van der Waals surface area contributed by atoms with Crippen molar-refractivity contribution >= 4 is 5.69 Å². The van der Waals surface area contributed by atoms with E-state index in [2.05, 4.69) is 14.8 Å². The monoisotopic (exact) mass is 241 g/mol. The molecule has 0 aromatic heterocycles. The van der Waals surface area contributed by atoms with Gasteiger partial charge < -0.3 is 14.8 Å². The van der Waals surface area contributed by atoms with Gasteiger partial charge in [-0.2, -0.15) is 0 Å². The van der Waals surface area contributed by atoms with Gasteiger partial charge in [-0.15, -0.1) is 8.78 Å². The standard InChI is InChI=1S/C12H13F2NO2/c1-8(2)5-6-15-9-3-4-10-11(7-9)17-12(13,14)16-10/h3-5,7,15H,6H2,1-2H3. The summed E-state index contributed by atoms with van der Waals surface area (Å²) < 4.78 is 34.2. The summed E-state index contributed by atoms with van der Waals surface area (Å²) in [6.07, 6.45) is -1.56. The molecule has 1 aliphatic rings. The van der Waals surface area contributed by atoms with Crippen molar-refractivity contribution in [3.8, 4) is 11.5 Å². The number of alkyl halides is 2. The molecule has 0 radical (unpaired) electrons. The van der Waals surface area contributed by atoms with Crippen molar-refractivity contribution in [3.63, 3.8) is 0 Å². The Labute approximate surface area is 98.0 Å². The van der Waals surface area contributed by atoms with Crippen LogP contribution >= 0.6 is 0 Å². The highest BCUT2D eigenvalue weighted by atomic mass is 19.3. The van der Waals surface area contributed by atoms with Crippen LogP contribution in [0.1, 0.15) is 13.8 Å². The van der Waals surface area contributed by atoms with Crippen LogP contribution in [0.4, 0.5) is 14.5 Å². The number of hydrogen-bond donors (Lipinski definition) is 1. The molecule has 1 heterocycles. The summed E-state index contributed by atoms with van der Waals surface area (Å²) in [4.78, 5) is 0. The fourth-order valence-corrected chi connectivity index (χ4v) is 1.43. The molecule has 0 aliphatic carbocycles. The van der Waals surface area contributed by atoms with E-state index in [1.54, 1.807) is 6.07 Å². The Balaban J connectivity index is 2.06. The van der Waals surface area contributed by atoms with Crippen LogP contribution in [-0.2, 0) is 0 Å². The van der Waals surface area contributed by atoms with Gasteiger partial charge >= 0.3 is 6.29 Å². The first-order valence-corrected chi connectivity index (χ1v) is 5.23. The van der Waals surface area contributed by atoms with Crippen LogP contribution in [0.3, 0.4) is 0 Å². The third-order valence-electron chi connectivity index (χ3n) is 2.22. The molecule has 5 heteroatoms. The van der Waals surface area contributed by atoms with Crippen molar-refractivity contribution in [2.75, 3.05) is 11.9 Å². The largest absolute Gasteiger partial charge is 0.586 e. The lowest BCUT2D eigenvalue weighted by atomic mass is 10.2. The Morgan fingerprint density at radius 2 is 2.00 bits per heavy atom. The molecule has 0 saturated carbocycles. The Morgan fingerprint density at radius 3 is 2.71 bits per heavy atom. The van der Waals surface area contributed by atoms with Gasteiger partial charge in [-0.1, -0.05) is 11.6 Å². The van der Waals surface area contributed by atoms with Crippen LogP contribution in [-0.4, -0.2) is 12.8 Å². The first kappa shape index (κ1) is 11.7. The van der Waals surface area contributed by atoms with Gasteiger partial charge in [0.2, 0.25) is 0 Å². The third kappa shape index (κ3) is 2.87. The first-order valence-electron chi connectivity index (χ1n) is 5.23. The van der Waals surface area contributed by atoms with E-state index in [9.17, 15) is 8.78 Å². The second kappa shape index (κ2) is 4.24. The lowest BCUT2D eigenvalue weighted by Gasteiger charge is -2.05. The molecule has 0 atom stereocenters. The summed E-state index contributed by atoms with van der Waals surface area (Å²) in [5.41, 5.74) is 1.90. The average molecular weight is 241 g/mol. The fraction of sp³-hybridized carbons (Fsp3) is 0.333. The number of rotatable bonds is 3. The molecule has 0 fully saturated rings. The second-order valence-electron chi connectivity index (χ2n) is 3.99. The minimum atomic E-state index is -3.55. The number of fused-ring (bicyclic) bond motifs is 1. The molecule has 2 rings (SSSR count). The summed E-state index contributed by atoms with van der Waals surface area (Å²) >= 11 is 0. The van der Waals surface area contributed by atoms with Crippen molar-refractivity contribution in [2.24, 2.45) is 0 Å².